The first-order valence-electron chi connectivity index (χ1n) is 5.65. The first kappa shape index (κ1) is 13.1. The highest BCUT2D eigenvalue weighted by Crippen LogP contribution is 2.34. The molecule has 2 aromatic rings. The third-order valence-electron chi connectivity index (χ3n) is 2.88. The van der Waals surface area contributed by atoms with Crippen LogP contribution in [0.2, 0.25) is 0 Å². The van der Waals surface area contributed by atoms with Crippen molar-refractivity contribution in [2.24, 2.45) is 0 Å². The fourth-order valence-corrected chi connectivity index (χ4v) is 1.81. The molecular formula is C14H14F2N2O. The van der Waals surface area contributed by atoms with Gasteiger partial charge in [-0.2, -0.15) is 0 Å². The van der Waals surface area contributed by atoms with Crippen LogP contribution in [0.25, 0.3) is 0 Å². The summed E-state index contributed by atoms with van der Waals surface area (Å²) in [5.74, 6) is -0.726. The highest BCUT2D eigenvalue weighted by Gasteiger charge is 2.13. The van der Waals surface area contributed by atoms with Crippen LogP contribution in [0.1, 0.15) is 0 Å². The summed E-state index contributed by atoms with van der Waals surface area (Å²) in [6.45, 7) is 0. The quantitative estimate of drug-likeness (QED) is 0.864. The first-order chi connectivity index (χ1) is 9.02. The maximum Gasteiger partial charge on any atom is 0.167 e. The molecular weight excluding hydrogens is 250 g/mol. The number of anilines is 3. The van der Waals surface area contributed by atoms with Crippen molar-refractivity contribution in [1.82, 2.24) is 0 Å². The number of hydrogen-bond acceptors (Lipinski definition) is 3. The molecule has 100 valence electrons. The SMILES string of the molecule is COc1cc(N(C)c2ccc(F)cc2)c(N)cc1F. The van der Waals surface area contributed by atoms with Crippen LogP contribution >= 0.6 is 0 Å². The minimum atomic E-state index is -0.517. The van der Waals surface area contributed by atoms with E-state index in [-0.39, 0.29) is 17.3 Å². The van der Waals surface area contributed by atoms with Crippen LogP contribution in [0, 0.1) is 11.6 Å². The van der Waals surface area contributed by atoms with E-state index in [1.807, 2.05) is 0 Å². The van der Waals surface area contributed by atoms with Gasteiger partial charge in [-0.25, -0.2) is 8.78 Å². The highest BCUT2D eigenvalue weighted by atomic mass is 19.1. The molecule has 2 N–H and O–H groups in total. The van der Waals surface area contributed by atoms with E-state index < -0.39 is 5.82 Å². The average Bonchev–Trinajstić information content (AvgIpc) is 2.39. The highest BCUT2D eigenvalue weighted by molar-refractivity contribution is 5.76. The van der Waals surface area contributed by atoms with Crippen LogP contribution in [-0.2, 0) is 0 Å². The molecule has 0 aliphatic carbocycles. The monoisotopic (exact) mass is 264 g/mol. The molecule has 0 heterocycles. The molecule has 0 radical (unpaired) electrons. The Kier molecular flexibility index (Phi) is 3.55. The minimum absolute atomic E-state index is 0.109. The smallest absolute Gasteiger partial charge is 0.167 e. The first-order valence-corrected chi connectivity index (χ1v) is 5.65. The molecule has 0 saturated carbocycles. The van der Waals surface area contributed by atoms with Gasteiger partial charge >= 0.3 is 0 Å². The summed E-state index contributed by atoms with van der Waals surface area (Å²) in [5.41, 5.74) is 7.41. The van der Waals surface area contributed by atoms with Crippen LogP contribution in [0.5, 0.6) is 5.75 Å². The van der Waals surface area contributed by atoms with Crippen molar-refractivity contribution in [1.29, 1.82) is 0 Å². The van der Waals surface area contributed by atoms with E-state index in [1.54, 1.807) is 24.1 Å². The second-order valence-electron chi connectivity index (χ2n) is 4.08. The molecule has 0 aliphatic heterocycles. The summed E-state index contributed by atoms with van der Waals surface area (Å²) in [5, 5.41) is 0. The van der Waals surface area contributed by atoms with Gasteiger partial charge in [0.1, 0.15) is 5.82 Å². The molecule has 2 rings (SSSR count). The van der Waals surface area contributed by atoms with E-state index >= 15 is 0 Å². The number of hydrogen-bond donors (Lipinski definition) is 1. The lowest BCUT2D eigenvalue weighted by Gasteiger charge is -2.22. The summed E-state index contributed by atoms with van der Waals surface area (Å²) in [6.07, 6.45) is 0. The van der Waals surface area contributed by atoms with Gasteiger partial charge in [0.15, 0.2) is 11.6 Å². The van der Waals surface area contributed by atoms with E-state index in [0.29, 0.717) is 5.69 Å². The Morgan fingerprint density at radius 2 is 1.74 bits per heavy atom. The number of halogens is 2. The maximum atomic E-state index is 13.5. The van der Waals surface area contributed by atoms with Gasteiger partial charge in [-0.3, -0.25) is 0 Å². The summed E-state index contributed by atoms with van der Waals surface area (Å²) in [7, 11) is 3.15. The van der Waals surface area contributed by atoms with Gasteiger partial charge in [0, 0.05) is 24.9 Å². The molecule has 0 spiro atoms. The van der Waals surface area contributed by atoms with Crippen LogP contribution in [0.15, 0.2) is 36.4 Å². The Bertz CT molecular complexity index is 585. The average molecular weight is 264 g/mol. The van der Waals surface area contributed by atoms with Crippen molar-refractivity contribution < 1.29 is 13.5 Å². The van der Waals surface area contributed by atoms with Crippen LogP contribution in [0.3, 0.4) is 0 Å². The number of ether oxygens (including phenoxy) is 1. The summed E-state index contributed by atoms with van der Waals surface area (Å²) >= 11 is 0. The number of benzene rings is 2. The molecule has 2 aromatic carbocycles. The third kappa shape index (κ3) is 2.59. The molecule has 0 atom stereocenters. The lowest BCUT2D eigenvalue weighted by atomic mass is 10.2. The van der Waals surface area contributed by atoms with Crippen molar-refractivity contribution in [2.75, 3.05) is 24.8 Å². The molecule has 5 heteroatoms. The topological polar surface area (TPSA) is 38.5 Å². The summed E-state index contributed by atoms with van der Waals surface area (Å²) in [6, 6.07) is 8.64. The zero-order valence-electron chi connectivity index (χ0n) is 10.7. The van der Waals surface area contributed by atoms with Gasteiger partial charge in [-0.1, -0.05) is 0 Å². The van der Waals surface area contributed by atoms with Gasteiger partial charge in [-0.05, 0) is 24.3 Å². The van der Waals surface area contributed by atoms with E-state index in [9.17, 15) is 8.78 Å². The van der Waals surface area contributed by atoms with Gasteiger partial charge in [0.25, 0.3) is 0 Å². The lowest BCUT2D eigenvalue weighted by Crippen LogP contribution is -2.12. The summed E-state index contributed by atoms with van der Waals surface area (Å²) in [4.78, 5) is 1.73. The fraction of sp³-hybridized carbons (Fsp3) is 0.143. The normalized spacial score (nSPS) is 10.3. The van der Waals surface area contributed by atoms with Crippen LogP contribution in [-0.4, -0.2) is 14.2 Å². The van der Waals surface area contributed by atoms with E-state index in [1.165, 1.54) is 31.4 Å². The molecule has 3 nitrogen and oxygen atoms in total. The Hall–Kier alpha value is -2.30. The van der Waals surface area contributed by atoms with Gasteiger partial charge in [0.05, 0.1) is 18.5 Å². The molecule has 0 bridgehead atoms. The van der Waals surface area contributed by atoms with Crippen molar-refractivity contribution in [3.05, 3.63) is 48.0 Å². The maximum absolute atomic E-state index is 13.5. The number of nitrogens with zero attached hydrogens (tertiary/aromatic N) is 1. The molecule has 0 saturated heterocycles. The van der Waals surface area contributed by atoms with Crippen molar-refractivity contribution >= 4 is 17.1 Å². The van der Waals surface area contributed by atoms with Gasteiger partial charge < -0.3 is 15.4 Å². The van der Waals surface area contributed by atoms with Crippen LogP contribution in [0.4, 0.5) is 25.8 Å². The van der Waals surface area contributed by atoms with Crippen molar-refractivity contribution in [2.45, 2.75) is 0 Å². The number of methoxy groups -OCH3 is 1. The predicted molar refractivity (Wildman–Crippen MR) is 71.8 cm³/mol. The predicted octanol–water partition coefficient (Wildman–Crippen LogP) is 3.32. The Labute approximate surface area is 110 Å². The molecule has 19 heavy (non-hydrogen) atoms. The molecule has 0 fully saturated rings. The zero-order chi connectivity index (χ0) is 14.0. The minimum Gasteiger partial charge on any atom is -0.494 e. The standard InChI is InChI=1S/C14H14F2N2O/c1-18(10-5-3-9(15)4-6-10)13-8-14(19-2)11(16)7-12(13)17/h3-8H,17H2,1-2H3. The number of nitrogen functional groups attached to an aromatic ring is 1. The van der Waals surface area contributed by atoms with E-state index in [0.717, 1.165) is 5.69 Å². The van der Waals surface area contributed by atoms with Crippen molar-refractivity contribution in [3.63, 3.8) is 0 Å². The van der Waals surface area contributed by atoms with Gasteiger partial charge in [-0.15, -0.1) is 0 Å². The second kappa shape index (κ2) is 5.14. The second-order valence-corrected chi connectivity index (χ2v) is 4.08. The Morgan fingerprint density at radius 3 is 2.32 bits per heavy atom. The fourth-order valence-electron chi connectivity index (χ4n) is 1.81. The molecule has 0 unspecified atom stereocenters. The van der Waals surface area contributed by atoms with Crippen molar-refractivity contribution in [3.8, 4) is 5.75 Å². The lowest BCUT2D eigenvalue weighted by molar-refractivity contribution is 0.387. The van der Waals surface area contributed by atoms with E-state index in [2.05, 4.69) is 0 Å². The largest absolute Gasteiger partial charge is 0.494 e. The Balaban J connectivity index is 2.43. The molecule has 0 aliphatic rings. The number of rotatable bonds is 3. The molecule has 0 amide bonds. The Morgan fingerprint density at radius 1 is 1.11 bits per heavy atom. The number of nitrogens with two attached hydrogens (primary N) is 1. The summed E-state index contributed by atoms with van der Waals surface area (Å²) < 4.78 is 31.3. The van der Waals surface area contributed by atoms with E-state index in [4.69, 9.17) is 10.5 Å². The van der Waals surface area contributed by atoms with Gasteiger partial charge in [0.2, 0.25) is 0 Å². The molecule has 0 aromatic heterocycles. The third-order valence-corrected chi connectivity index (χ3v) is 2.88. The zero-order valence-corrected chi connectivity index (χ0v) is 10.7. The van der Waals surface area contributed by atoms with Crippen LogP contribution < -0.4 is 15.4 Å².